The lowest BCUT2D eigenvalue weighted by atomic mass is 10.1. The standard InChI is InChI=1S/C11H11BrN2O2/c1-2-3-13-9-5-7-6(4-8(9)12)10(15)14-11(7)16/h4-5,13H,2-3H2,1H3,(H,14,15,16). The van der Waals surface area contributed by atoms with Crippen LogP contribution < -0.4 is 10.6 Å². The Bertz CT molecular complexity index is 471. The lowest BCUT2D eigenvalue weighted by Gasteiger charge is -2.08. The van der Waals surface area contributed by atoms with Crippen molar-refractivity contribution in [3.63, 3.8) is 0 Å². The highest BCUT2D eigenvalue weighted by Crippen LogP contribution is 2.28. The smallest absolute Gasteiger partial charge is 0.259 e. The highest BCUT2D eigenvalue weighted by Gasteiger charge is 2.27. The number of amides is 2. The predicted octanol–water partition coefficient (Wildman–Crippen LogP) is 2.15. The van der Waals surface area contributed by atoms with E-state index in [0.717, 1.165) is 23.1 Å². The molecule has 2 amide bonds. The largest absolute Gasteiger partial charge is 0.384 e. The van der Waals surface area contributed by atoms with E-state index in [1.165, 1.54) is 0 Å². The Morgan fingerprint density at radius 2 is 1.88 bits per heavy atom. The number of hydrogen-bond donors (Lipinski definition) is 2. The Morgan fingerprint density at radius 1 is 1.25 bits per heavy atom. The van der Waals surface area contributed by atoms with Gasteiger partial charge in [-0.15, -0.1) is 0 Å². The zero-order valence-electron chi connectivity index (χ0n) is 8.76. The molecule has 0 spiro atoms. The summed E-state index contributed by atoms with van der Waals surface area (Å²) >= 11 is 3.37. The highest BCUT2D eigenvalue weighted by atomic mass is 79.9. The fraction of sp³-hybridized carbons (Fsp3) is 0.273. The van der Waals surface area contributed by atoms with Gasteiger partial charge < -0.3 is 5.32 Å². The third kappa shape index (κ3) is 1.82. The minimum atomic E-state index is -0.331. The van der Waals surface area contributed by atoms with Crippen LogP contribution in [0.3, 0.4) is 0 Å². The van der Waals surface area contributed by atoms with Crippen molar-refractivity contribution in [3.8, 4) is 0 Å². The summed E-state index contributed by atoms with van der Waals surface area (Å²) in [5.74, 6) is -0.658. The summed E-state index contributed by atoms with van der Waals surface area (Å²) in [5.41, 5.74) is 1.70. The Hall–Kier alpha value is -1.36. The van der Waals surface area contributed by atoms with Gasteiger partial charge in [0.2, 0.25) is 0 Å². The lowest BCUT2D eigenvalue weighted by Crippen LogP contribution is -2.19. The minimum Gasteiger partial charge on any atom is -0.384 e. The van der Waals surface area contributed by atoms with E-state index in [4.69, 9.17) is 0 Å². The molecule has 2 rings (SSSR count). The Kier molecular flexibility index (Phi) is 2.96. The van der Waals surface area contributed by atoms with E-state index in [2.05, 4.69) is 33.5 Å². The molecule has 0 unspecified atom stereocenters. The lowest BCUT2D eigenvalue weighted by molar-refractivity contribution is 0.0879. The maximum atomic E-state index is 11.4. The van der Waals surface area contributed by atoms with Crippen molar-refractivity contribution < 1.29 is 9.59 Å². The zero-order valence-corrected chi connectivity index (χ0v) is 10.3. The summed E-state index contributed by atoms with van der Waals surface area (Å²) in [7, 11) is 0. The van der Waals surface area contributed by atoms with Crippen molar-refractivity contribution >= 4 is 33.4 Å². The topological polar surface area (TPSA) is 58.2 Å². The van der Waals surface area contributed by atoms with Crippen molar-refractivity contribution in [3.05, 3.63) is 27.7 Å². The monoisotopic (exact) mass is 282 g/mol. The average molecular weight is 283 g/mol. The molecule has 1 aliphatic heterocycles. The van der Waals surface area contributed by atoms with Crippen LogP contribution in [0.5, 0.6) is 0 Å². The second kappa shape index (κ2) is 4.25. The second-order valence-electron chi connectivity index (χ2n) is 3.59. The summed E-state index contributed by atoms with van der Waals surface area (Å²) < 4.78 is 0.796. The van der Waals surface area contributed by atoms with Crippen LogP contribution in [0.25, 0.3) is 0 Å². The van der Waals surface area contributed by atoms with Gasteiger partial charge in [0.1, 0.15) is 0 Å². The van der Waals surface area contributed by atoms with Gasteiger partial charge in [0.25, 0.3) is 11.8 Å². The second-order valence-corrected chi connectivity index (χ2v) is 4.44. The number of benzene rings is 1. The molecule has 4 nitrogen and oxygen atoms in total. The Morgan fingerprint density at radius 3 is 2.50 bits per heavy atom. The molecular weight excluding hydrogens is 272 g/mol. The first-order valence-electron chi connectivity index (χ1n) is 5.06. The van der Waals surface area contributed by atoms with Gasteiger partial charge in [-0.3, -0.25) is 14.9 Å². The molecule has 0 aromatic heterocycles. The van der Waals surface area contributed by atoms with Gasteiger partial charge in [0, 0.05) is 16.7 Å². The van der Waals surface area contributed by atoms with Crippen molar-refractivity contribution in [2.24, 2.45) is 0 Å². The van der Waals surface area contributed by atoms with Crippen LogP contribution in [0.15, 0.2) is 16.6 Å². The molecule has 0 saturated carbocycles. The predicted molar refractivity (Wildman–Crippen MR) is 64.7 cm³/mol. The van der Waals surface area contributed by atoms with E-state index in [1.54, 1.807) is 12.1 Å². The van der Waals surface area contributed by atoms with Crippen LogP contribution >= 0.6 is 15.9 Å². The molecule has 0 bridgehead atoms. The number of rotatable bonds is 3. The summed E-state index contributed by atoms with van der Waals surface area (Å²) in [5, 5.41) is 5.46. The van der Waals surface area contributed by atoms with Crippen LogP contribution in [0.4, 0.5) is 5.69 Å². The maximum Gasteiger partial charge on any atom is 0.259 e. The molecule has 0 radical (unpaired) electrons. The van der Waals surface area contributed by atoms with Crippen LogP contribution in [0.1, 0.15) is 34.1 Å². The van der Waals surface area contributed by atoms with Gasteiger partial charge in [-0.2, -0.15) is 0 Å². The van der Waals surface area contributed by atoms with Crippen LogP contribution in [0.2, 0.25) is 0 Å². The van der Waals surface area contributed by atoms with Crippen molar-refractivity contribution in [1.29, 1.82) is 0 Å². The molecule has 0 atom stereocenters. The molecule has 0 saturated heterocycles. The van der Waals surface area contributed by atoms with Gasteiger partial charge in [0.15, 0.2) is 0 Å². The number of imide groups is 1. The van der Waals surface area contributed by atoms with Gasteiger partial charge >= 0.3 is 0 Å². The molecule has 5 heteroatoms. The minimum absolute atomic E-state index is 0.327. The quantitative estimate of drug-likeness (QED) is 0.836. The summed E-state index contributed by atoms with van der Waals surface area (Å²) in [6, 6.07) is 3.38. The number of carbonyl (C=O) groups excluding carboxylic acids is 2. The number of fused-ring (bicyclic) bond motifs is 1. The van der Waals surface area contributed by atoms with E-state index >= 15 is 0 Å². The number of anilines is 1. The van der Waals surface area contributed by atoms with Crippen molar-refractivity contribution in [1.82, 2.24) is 5.32 Å². The van der Waals surface area contributed by atoms with Crippen LogP contribution in [-0.4, -0.2) is 18.4 Å². The zero-order chi connectivity index (χ0) is 11.7. The molecule has 16 heavy (non-hydrogen) atoms. The first-order valence-corrected chi connectivity index (χ1v) is 5.86. The van der Waals surface area contributed by atoms with Crippen molar-refractivity contribution in [2.75, 3.05) is 11.9 Å². The molecular formula is C11H11BrN2O2. The summed E-state index contributed by atoms with van der Waals surface area (Å²) in [6.07, 6.45) is 0.995. The fourth-order valence-electron chi connectivity index (χ4n) is 1.58. The molecule has 1 aromatic carbocycles. The highest BCUT2D eigenvalue weighted by molar-refractivity contribution is 9.10. The Labute approximate surface area is 102 Å². The van der Waals surface area contributed by atoms with E-state index in [0.29, 0.717) is 11.1 Å². The van der Waals surface area contributed by atoms with Gasteiger partial charge in [0.05, 0.1) is 11.1 Å². The summed E-state index contributed by atoms with van der Waals surface area (Å²) in [6.45, 7) is 2.89. The molecule has 2 N–H and O–H groups in total. The van der Waals surface area contributed by atoms with E-state index < -0.39 is 0 Å². The van der Waals surface area contributed by atoms with Gasteiger partial charge in [-0.1, -0.05) is 6.92 Å². The molecule has 1 heterocycles. The Balaban J connectivity index is 2.41. The molecule has 0 aliphatic carbocycles. The molecule has 1 aromatic rings. The normalized spacial score (nSPS) is 13.6. The first kappa shape index (κ1) is 11.1. The summed E-state index contributed by atoms with van der Waals surface area (Å²) in [4.78, 5) is 22.8. The SMILES string of the molecule is CCCNc1cc2c(cc1Br)C(=O)NC2=O. The average Bonchev–Trinajstić information content (AvgIpc) is 2.51. The molecule has 84 valence electrons. The number of carbonyl (C=O) groups is 2. The number of hydrogen-bond acceptors (Lipinski definition) is 3. The molecule has 0 fully saturated rings. The van der Waals surface area contributed by atoms with Crippen LogP contribution in [0, 0.1) is 0 Å². The third-order valence-electron chi connectivity index (χ3n) is 2.39. The van der Waals surface area contributed by atoms with Crippen molar-refractivity contribution in [2.45, 2.75) is 13.3 Å². The van der Waals surface area contributed by atoms with Crippen LogP contribution in [-0.2, 0) is 0 Å². The van der Waals surface area contributed by atoms with E-state index in [9.17, 15) is 9.59 Å². The third-order valence-corrected chi connectivity index (χ3v) is 3.05. The number of halogens is 1. The number of nitrogens with one attached hydrogen (secondary N) is 2. The van der Waals surface area contributed by atoms with E-state index in [1.807, 2.05) is 0 Å². The molecule has 1 aliphatic rings. The fourth-order valence-corrected chi connectivity index (χ4v) is 2.07. The van der Waals surface area contributed by atoms with Gasteiger partial charge in [-0.05, 0) is 34.5 Å². The maximum absolute atomic E-state index is 11.4. The van der Waals surface area contributed by atoms with Gasteiger partial charge in [-0.25, -0.2) is 0 Å². The first-order chi connectivity index (χ1) is 7.63. The van der Waals surface area contributed by atoms with E-state index in [-0.39, 0.29) is 11.8 Å².